The van der Waals surface area contributed by atoms with Crippen LogP contribution < -0.4 is 15.4 Å². The van der Waals surface area contributed by atoms with Gasteiger partial charge in [0.1, 0.15) is 5.75 Å². The summed E-state index contributed by atoms with van der Waals surface area (Å²) < 4.78 is 5.26. The van der Waals surface area contributed by atoms with E-state index < -0.39 is 18.1 Å². The van der Waals surface area contributed by atoms with E-state index in [0.717, 1.165) is 16.9 Å². The number of aliphatic hydroxyl groups is 1. The van der Waals surface area contributed by atoms with Crippen LogP contribution in [-0.4, -0.2) is 60.1 Å². The van der Waals surface area contributed by atoms with Gasteiger partial charge < -0.3 is 20.5 Å². The number of hydrogen-bond acceptors (Lipinski definition) is 6. The van der Waals surface area contributed by atoms with E-state index in [9.17, 15) is 19.5 Å². The number of amides is 3. The van der Waals surface area contributed by atoms with Crippen LogP contribution >= 0.6 is 0 Å². The predicted molar refractivity (Wildman–Crippen MR) is 144 cm³/mol. The number of imide groups is 1. The largest absolute Gasteiger partial charge is 0.497 e. The van der Waals surface area contributed by atoms with Gasteiger partial charge in [0.15, 0.2) is 0 Å². The topological polar surface area (TPSA) is 108 Å². The monoisotopic (exact) mass is 515 g/mol. The molecule has 8 heteroatoms. The minimum absolute atomic E-state index is 0.233. The summed E-state index contributed by atoms with van der Waals surface area (Å²) in [5.74, 6) is -0.386. The van der Waals surface area contributed by atoms with Gasteiger partial charge in [0, 0.05) is 25.2 Å². The van der Waals surface area contributed by atoms with Crippen LogP contribution in [0.3, 0.4) is 0 Å². The molecule has 0 spiro atoms. The second-order valence-electron chi connectivity index (χ2n) is 9.34. The van der Waals surface area contributed by atoms with Crippen LogP contribution in [0.4, 0.5) is 0 Å². The summed E-state index contributed by atoms with van der Waals surface area (Å²) in [6.45, 7) is 3.00. The number of hydrogen-bond donors (Lipinski definition) is 3. The normalized spacial score (nSPS) is 14.2. The molecule has 0 saturated heterocycles. The molecular weight excluding hydrogens is 482 g/mol. The Morgan fingerprint density at radius 3 is 2.42 bits per heavy atom. The molecule has 1 heterocycles. The Bertz CT molecular complexity index is 1290. The smallest absolute Gasteiger partial charge is 0.261 e. The summed E-state index contributed by atoms with van der Waals surface area (Å²) in [7, 11) is 1.61. The third-order valence-corrected chi connectivity index (χ3v) is 6.58. The molecule has 1 aliphatic rings. The summed E-state index contributed by atoms with van der Waals surface area (Å²) in [6, 6.07) is 21.2. The minimum Gasteiger partial charge on any atom is -0.497 e. The maximum atomic E-state index is 13.2. The standard InChI is InChI=1S/C30H33N3O5/c1-3-14-33-29(36)24-13-12-22(17-25(24)30(33)37)28(35)32-26(16-20-8-5-4-6-9-20)27(34)19-31-18-21-10-7-11-23(15-21)38-2/h4-13,15,17,26-27,31,34H,3,14,16,18-19H2,1-2H3,(H,32,35). The lowest BCUT2D eigenvalue weighted by molar-refractivity contribution is 0.0654. The van der Waals surface area contributed by atoms with Crippen LogP contribution in [0, 0.1) is 0 Å². The van der Waals surface area contributed by atoms with Crippen molar-refractivity contribution < 1.29 is 24.2 Å². The van der Waals surface area contributed by atoms with Crippen molar-refractivity contribution in [3.05, 3.63) is 101 Å². The molecule has 0 radical (unpaired) electrons. The summed E-state index contributed by atoms with van der Waals surface area (Å²) in [4.78, 5) is 39.7. The number of carbonyl (C=O) groups excluding carboxylic acids is 3. The first kappa shape index (κ1) is 27.0. The zero-order valence-electron chi connectivity index (χ0n) is 21.6. The van der Waals surface area contributed by atoms with Crippen LogP contribution in [0.1, 0.15) is 55.5 Å². The second kappa shape index (κ2) is 12.5. The van der Waals surface area contributed by atoms with Gasteiger partial charge in [-0.1, -0.05) is 49.4 Å². The lowest BCUT2D eigenvalue weighted by Gasteiger charge is -2.25. The van der Waals surface area contributed by atoms with E-state index in [1.54, 1.807) is 13.2 Å². The Hall–Kier alpha value is -4.01. The van der Waals surface area contributed by atoms with E-state index in [1.165, 1.54) is 17.0 Å². The molecule has 3 aromatic rings. The average molecular weight is 516 g/mol. The highest BCUT2D eigenvalue weighted by Crippen LogP contribution is 2.24. The van der Waals surface area contributed by atoms with Gasteiger partial charge in [0.05, 0.1) is 30.4 Å². The molecule has 198 valence electrons. The molecule has 2 atom stereocenters. The van der Waals surface area contributed by atoms with Crippen molar-refractivity contribution in [1.82, 2.24) is 15.5 Å². The van der Waals surface area contributed by atoms with E-state index >= 15 is 0 Å². The summed E-state index contributed by atoms with van der Waals surface area (Å²) in [5.41, 5.74) is 2.78. The molecule has 3 aromatic carbocycles. The van der Waals surface area contributed by atoms with Gasteiger partial charge in [-0.3, -0.25) is 19.3 Å². The van der Waals surface area contributed by atoms with Crippen LogP contribution in [-0.2, 0) is 13.0 Å². The molecule has 3 N–H and O–H groups in total. The number of carbonyl (C=O) groups is 3. The average Bonchev–Trinajstić information content (AvgIpc) is 3.17. The van der Waals surface area contributed by atoms with Crippen molar-refractivity contribution >= 4 is 17.7 Å². The fourth-order valence-electron chi connectivity index (χ4n) is 4.55. The van der Waals surface area contributed by atoms with E-state index in [2.05, 4.69) is 10.6 Å². The van der Waals surface area contributed by atoms with Crippen molar-refractivity contribution in [1.29, 1.82) is 0 Å². The molecule has 0 aromatic heterocycles. The highest BCUT2D eigenvalue weighted by atomic mass is 16.5. The maximum Gasteiger partial charge on any atom is 0.261 e. The van der Waals surface area contributed by atoms with Crippen molar-refractivity contribution in [2.24, 2.45) is 0 Å². The van der Waals surface area contributed by atoms with Crippen molar-refractivity contribution in [2.75, 3.05) is 20.2 Å². The van der Waals surface area contributed by atoms with Gasteiger partial charge in [-0.2, -0.15) is 0 Å². The zero-order chi connectivity index (χ0) is 27.1. The summed E-state index contributed by atoms with van der Waals surface area (Å²) in [5, 5.41) is 17.3. The Morgan fingerprint density at radius 1 is 0.947 bits per heavy atom. The van der Waals surface area contributed by atoms with Gasteiger partial charge in [0.25, 0.3) is 17.7 Å². The first-order chi connectivity index (χ1) is 18.4. The van der Waals surface area contributed by atoms with Gasteiger partial charge >= 0.3 is 0 Å². The molecule has 0 bridgehead atoms. The molecule has 3 amide bonds. The lowest BCUT2D eigenvalue weighted by atomic mass is 9.99. The molecule has 38 heavy (non-hydrogen) atoms. The zero-order valence-corrected chi connectivity index (χ0v) is 21.6. The quantitative estimate of drug-likeness (QED) is 0.320. The second-order valence-corrected chi connectivity index (χ2v) is 9.34. The SMILES string of the molecule is CCCN1C(=O)c2ccc(C(=O)NC(Cc3ccccc3)C(O)CNCc3cccc(OC)c3)cc2C1=O. The van der Waals surface area contributed by atoms with Crippen LogP contribution in [0.5, 0.6) is 5.75 Å². The van der Waals surface area contributed by atoms with Crippen LogP contribution in [0.15, 0.2) is 72.8 Å². The third kappa shape index (κ3) is 6.27. The number of ether oxygens (including phenoxy) is 1. The first-order valence-corrected chi connectivity index (χ1v) is 12.8. The minimum atomic E-state index is -0.887. The Morgan fingerprint density at radius 2 is 1.68 bits per heavy atom. The molecule has 1 aliphatic heterocycles. The number of benzene rings is 3. The van der Waals surface area contributed by atoms with E-state index in [4.69, 9.17) is 4.74 Å². The Labute approximate surface area is 222 Å². The van der Waals surface area contributed by atoms with Crippen molar-refractivity contribution in [2.45, 2.75) is 38.5 Å². The number of fused-ring (bicyclic) bond motifs is 1. The predicted octanol–water partition coefficient (Wildman–Crippen LogP) is 3.19. The van der Waals surface area contributed by atoms with Crippen molar-refractivity contribution in [3.8, 4) is 5.75 Å². The fraction of sp³-hybridized carbons (Fsp3) is 0.300. The number of aliphatic hydroxyl groups excluding tert-OH is 1. The molecule has 8 nitrogen and oxygen atoms in total. The first-order valence-electron chi connectivity index (χ1n) is 12.8. The van der Waals surface area contributed by atoms with Gasteiger partial charge in [-0.25, -0.2) is 0 Å². The van der Waals surface area contributed by atoms with E-state index in [0.29, 0.717) is 31.5 Å². The highest BCUT2D eigenvalue weighted by molar-refractivity contribution is 6.22. The third-order valence-electron chi connectivity index (χ3n) is 6.58. The molecule has 0 saturated carbocycles. The maximum absolute atomic E-state index is 13.2. The Kier molecular flexibility index (Phi) is 8.89. The van der Waals surface area contributed by atoms with Gasteiger partial charge in [0.2, 0.25) is 0 Å². The van der Waals surface area contributed by atoms with Crippen LogP contribution in [0.25, 0.3) is 0 Å². The number of nitrogens with zero attached hydrogens (tertiary/aromatic N) is 1. The highest BCUT2D eigenvalue weighted by Gasteiger charge is 2.35. The van der Waals surface area contributed by atoms with E-state index in [1.807, 2.05) is 61.5 Å². The molecule has 4 rings (SSSR count). The number of methoxy groups -OCH3 is 1. The van der Waals surface area contributed by atoms with Crippen LogP contribution in [0.2, 0.25) is 0 Å². The lowest BCUT2D eigenvalue weighted by Crippen LogP contribution is -2.48. The molecule has 2 unspecified atom stereocenters. The van der Waals surface area contributed by atoms with Gasteiger partial charge in [-0.05, 0) is 54.3 Å². The molecule has 0 aliphatic carbocycles. The summed E-state index contributed by atoms with van der Waals surface area (Å²) in [6.07, 6.45) is 0.188. The van der Waals surface area contributed by atoms with Gasteiger partial charge in [-0.15, -0.1) is 0 Å². The Balaban J connectivity index is 1.46. The van der Waals surface area contributed by atoms with E-state index in [-0.39, 0.29) is 29.5 Å². The molecule has 0 fully saturated rings. The number of rotatable bonds is 12. The van der Waals surface area contributed by atoms with Crippen molar-refractivity contribution in [3.63, 3.8) is 0 Å². The fourth-order valence-corrected chi connectivity index (χ4v) is 4.55. The molecular formula is C30H33N3O5. The number of nitrogens with one attached hydrogen (secondary N) is 2. The summed E-state index contributed by atoms with van der Waals surface area (Å²) >= 11 is 0.